The number of methoxy groups -OCH3 is 1. The van der Waals surface area contributed by atoms with Gasteiger partial charge in [0.15, 0.2) is 0 Å². The topological polar surface area (TPSA) is 61.8 Å². The van der Waals surface area contributed by atoms with Crippen LogP contribution in [0.3, 0.4) is 0 Å². The Morgan fingerprint density at radius 2 is 1.57 bits per heavy atom. The van der Waals surface area contributed by atoms with Gasteiger partial charge in [-0.25, -0.2) is 9.59 Å². The Bertz CT molecular complexity index is 776. The molecule has 5 nitrogen and oxygen atoms in total. The third-order valence-corrected chi connectivity index (χ3v) is 4.07. The molecule has 0 unspecified atom stereocenters. The predicted molar refractivity (Wildman–Crippen MR) is 109 cm³/mol. The summed E-state index contributed by atoms with van der Waals surface area (Å²) in [7, 11) is 1.57. The molecule has 0 aliphatic carbocycles. The first kappa shape index (κ1) is 21.2. The summed E-state index contributed by atoms with van der Waals surface area (Å²) in [5.41, 5.74) is 1.25. The highest BCUT2D eigenvalue weighted by Crippen LogP contribution is 2.17. The summed E-state index contributed by atoms with van der Waals surface area (Å²) >= 11 is 0. The van der Waals surface area contributed by atoms with Crippen LogP contribution in [0, 0.1) is 0 Å². The lowest BCUT2D eigenvalue weighted by Crippen LogP contribution is -2.08. The van der Waals surface area contributed by atoms with Crippen LogP contribution < -0.4 is 9.47 Å². The van der Waals surface area contributed by atoms with Crippen LogP contribution in [0.1, 0.15) is 48.5 Å². The van der Waals surface area contributed by atoms with Crippen molar-refractivity contribution in [3.05, 3.63) is 65.7 Å². The molecule has 2 rings (SSSR count). The molecule has 5 heteroatoms. The van der Waals surface area contributed by atoms with Gasteiger partial charge in [-0.15, -0.1) is 0 Å². The van der Waals surface area contributed by atoms with Crippen LogP contribution in [0.5, 0.6) is 11.5 Å². The van der Waals surface area contributed by atoms with Gasteiger partial charge in [0.05, 0.1) is 19.3 Å². The van der Waals surface area contributed by atoms with E-state index in [4.69, 9.17) is 14.2 Å². The van der Waals surface area contributed by atoms with E-state index in [1.165, 1.54) is 6.08 Å². The van der Waals surface area contributed by atoms with Crippen LogP contribution in [0.4, 0.5) is 0 Å². The molecule has 0 radical (unpaired) electrons. The largest absolute Gasteiger partial charge is 0.497 e. The highest BCUT2D eigenvalue weighted by Gasteiger charge is 2.08. The molecular weight excluding hydrogens is 356 g/mol. The van der Waals surface area contributed by atoms with Crippen molar-refractivity contribution in [3.8, 4) is 11.5 Å². The average molecular weight is 382 g/mol. The highest BCUT2D eigenvalue weighted by atomic mass is 16.5. The maximum Gasteiger partial charge on any atom is 0.343 e. The van der Waals surface area contributed by atoms with Crippen LogP contribution in [0.25, 0.3) is 6.08 Å². The number of hydrogen-bond donors (Lipinski definition) is 0. The Hall–Kier alpha value is -3.08. The number of carbonyl (C=O) groups excluding carboxylic acids is 2. The molecule has 0 atom stereocenters. The number of hydrogen-bond acceptors (Lipinski definition) is 5. The first-order valence-corrected chi connectivity index (χ1v) is 9.43. The van der Waals surface area contributed by atoms with Crippen molar-refractivity contribution < 1.29 is 23.8 Å². The zero-order valence-corrected chi connectivity index (χ0v) is 16.4. The van der Waals surface area contributed by atoms with E-state index >= 15 is 0 Å². The van der Waals surface area contributed by atoms with E-state index in [-0.39, 0.29) is 5.97 Å². The molecule has 2 aromatic carbocycles. The van der Waals surface area contributed by atoms with E-state index < -0.39 is 5.97 Å². The molecule has 0 saturated carbocycles. The van der Waals surface area contributed by atoms with Gasteiger partial charge >= 0.3 is 11.9 Å². The molecule has 0 spiro atoms. The number of ether oxygens (including phenoxy) is 3. The van der Waals surface area contributed by atoms with E-state index in [9.17, 15) is 9.59 Å². The van der Waals surface area contributed by atoms with Crippen molar-refractivity contribution in [2.24, 2.45) is 0 Å². The molecule has 0 amide bonds. The van der Waals surface area contributed by atoms with Crippen molar-refractivity contribution >= 4 is 18.0 Å². The molecule has 0 heterocycles. The maximum atomic E-state index is 12.1. The van der Waals surface area contributed by atoms with Gasteiger partial charge in [-0.1, -0.05) is 38.3 Å². The van der Waals surface area contributed by atoms with Gasteiger partial charge < -0.3 is 14.2 Å². The Labute approximate surface area is 165 Å². The summed E-state index contributed by atoms with van der Waals surface area (Å²) in [6.45, 7) is 2.59. The van der Waals surface area contributed by atoms with Gasteiger partial charge in [0.25, 0.3) is 0 Å². The van der Waals surface area contributed by atoms with E-state index in [0.717, 1.165) is 31.2 Å². The quantitative estimate of drug-likeness (QED) is 0.249. The number of benzene rings is 2. The summed E-state index contributed by atoms with van der Waals surface area (Å²) in [6.07, 6.45) is 7.34. The fraction of sp³-hybridized carbons (Fsp3) is 0.304. The fourth-order valence-corrected chi connectivity index (χ4v) is 2.45. The molecule has 0 bridgehead atoms. The minimum Gasteiger partial charge on any atom is -0.497 e. The number of carbonyl (C=O) groups is 2. The Balaban J connectivity index is 1.81. The summed E-state index contributed by atoms with van der Waals surface area (Å²) in [5, 5.41) is 0. The second-order valence-corrected chi connectivity index (χ2v) is 6.25. The predicted octanol–water partition coefficient (Wildman–Crippen LogP) is 5.05. The molecule has 2 aromatic rings. The average Bonchev–Trinajstić information content (AvgIpc) is 2.73. The fourth-order valence-electron chi connectivity index (χ4n) is 2.45. The molecule has 148 valence electrons. The molecule has 0 fully saturated rings. The Kier molecular flexibility index (Phi) is 8.79. The lowest BCUT2D eigenvalue weighted by atomic mass is 10.2. The SMILES string of the molecule is CCCCCCOC(=O)C=Cc1ccc(OC(=O)c2ccc(OC)cc2)cc1. The monoisotopic (exact) mass is 382 g/mol. The van der Waals surface area contributed by atoms with E-state index in [1.54, 1.807) is 61.7 Å². The molecule has 0 aromatic heterocycles. The van der Waals surface area contributed by atoms with Crippen molar-refractivity contribution in [1.82, 2.24) is 0 Å². The summed E-state index contributed by atoms with van der Waals surface area (Å²) in [5.74, 6) is 0.299. The molecule has 0 N–H and O–H groups in total. The molecule has 28 heavy (non-hydrogen) atoms. The van der Waals surface area contributed by atoms with E-state index in [1.807, 2.05) is 0 Å². The Morgan fingerprint density at radius 1 is 0.893 bits per heavy atom. The van der Waals surface area contributed by atoms with E-state index in [0.29, 0.717) is 23.7 Å². The highest BCUT2D eigenvalue weighted by molar-refractivity contribution is 5.91. The van der Waals surface area contributed by atoms with Gasteiger partial charge in [-0.3, -0.25) is 0 Å². The van der Waals surface area contributed by atoms with Gasteiger partial charge in [0.1, 0.15) is 11.5 Å². The first-order valence-electron chi connectivity index (χ1n) is 9.43. The zero-order valence-electron chi connectivity index (χ0n) is 16.4. The third-order valence-electron chi connectivity index (χ3n) is 4.07. The normalized spacial score (nSPS) is 10.6. The maximum absolute atomic E-state index is 12.1. The Morgan fingerprint density at radius 3 is 2.21 bits per heavy atom. The van der Waals surface area contributed by atoms with Crippen LogP contribution in [-0.4, -0.2) is 25.7 Å². The zero-order chi connectivity index (χ0) is 20.2. The van der Waals surface area contributed by atoms with Gasteiger partial charge in [0, 0.05) is 6.08 Å². The van der Waals surface area contributed by atoms with Crippen molar-refractivity contribution in [2.45, 2.75) is 32.6 Å². The van der Waals surface area contributed by atoms with Crippen LogP contribution in [0.2, 0.25) is 0 Å². The summed E-state index contributed by atoms with van der Waals surface area (Å²) < 4.78 is 15.6. The van der Waals surface area contributed by atoms with Crippen molar-refractivity contribution in [3.63, 3.8) is 0 Å². The molecule has 0 aliphatic rings. The van der Waals surface area contributed by atoms with Crippen LogP contribution in [-0.2, 0) is 9.53 Å². The van der Waals surface area contributed by atoms with Crippen molar-refractivity contribution in [1.29, 1.82) is 0 Å². The van der Waals surface area contributed by atoms with Crippen LogP contribution in [0.15, 0.2) is 54.6 Å². The standard InChI is InChI=1S/C23H26O5/c1-3-4-5-6-17-27-22(24)16-9-18-7-12-21(13-8-18)28-23(25)19-10-14-20(26-2)15-11-19/h7-16H,3-6,17H2,1-2H3. The number of unbranched alkanes of at least 4 members (excludes halogenated alkanes) is 3. The second kappa shape index (κ2) is 11.6. The lowest BCUT2D eigenvalue weighted by molar-refractivity contribution is -0.137. The smallest absolute Gasteiger partial charge is 0.343 e. The molecular formula is C23H26O5. The summed E-state index contributed by atoms with van der Waals surface area (Å²) in [4.78, 5) is 23.8. The number of rotatable bonds is 10. The third kappa shape index (κ3) is 7.27. The van der Waals surface area contributed by atoms with E-state index in [2.05, 4.69) is 6.92 Å². The lowest BCUT2D eigenvalue weighted by Gasteiger charge is -2.05. The summed E-state index contributed by atoms with van der Waals surface area (Å²) in [6, 6.07) is 13.6. The minimum atomic E-state index is -0.447. The minimum absolute atomic E-state index is 0.355. The van der Waals surface area contributed by atoms with Crippen LogP contribution >= 0.6 is 0 Å². The molecule has 0 saturated heterocycles. The molecule has 0 aliphatic heterocycles. The van der Waals surface area contributed by atoms with Gasteiger partial charge in [-0.2, -0.15) is 0 Å². The van der Waals surface area contributed by atoms with Gasteiger partial charge in [0.2, 0.25) is 0 Å². The van der Waals surface area contributed by atoms with Gasteiger partial charge in [-0.05, 0) is 54.5 Å². The van der Waals surface area contributed by atoms with Crippen molar-refractivity contribution in [2.75, 3.05) is 13.7 Å². The second-order valence-electron chi connectivity index (χ2n) is 6.25. The number of esters is 2. The first-order chi connectivity index (χ1) is 13.6.